The standard InChI is InChI=1S/C10H11F3O3/c1-2-15-9(14)7-5-3-4-6(16-5)8(7)10(11,12)13/h3-8H,2H2,1H3/t5-,6+,7+,8+/m0/s1. The maximum Gasteiger partial charge on any atom is 0.395 e. The molecule has 0 unspecified atom stereocenters. The third-order valence-electron chi connectivity index (χ3n) is 2.84. The number of hydrogen-bond donors (Lipinski definition) is 0. The minimum Gasteiger partial charge on any atom is -0.466 e. The monoisotopic (exact) mass is 236 g/mol. The molecular formula is C10H11F3O3. The van der Waals surface area contributed by atoms with Crippen molar-refractivity contribution in [3.63, 3.8) is 0 Å². The van der Waals surface area contributed by atoms with Gasteiger partial charge in [0.15, 0.2) is 0 Å². The molecule has 0 N–H and O–H groups in total. The number of hydrogen-bond acceptors (Lipinski definition) is 3. The summed E-state index contributed by atoms with van der Waals surface area (Å²) in [6.45, 7) is 1.63. The fourth-order valence-corrected chi connectivity index (χ4v) is 2.22. The van der Waals surface area contributed by atoms with Crippen LogP contribution in [0.15, 0.2) is 12.2 Å². The molecule has 0 aliphatic carbocycles. The number of carbonyl (C=O) groups is 1. The van der Waals surface area contributed by atoms with Gasteiger partial charge in [0.2, 0.25) is 0 Å². The fourth-order valence-electron chi connectivity index (χ4n) is 2.22. The molecule has 1 fully saturated rings. The molecule has 6 heteroatoms. The highest BCUT2D eigenvalue weighted by Gasteiger charge is 2.61. The Morgan fingerprint density at radius 1 is 1.38 bits per heavy atom. The molecule has 1 saturated heterocycles. The van der Waals surface area contributed by atoms with Gasteiger partial charge in [-0.05, 0) is 6.92 Å². The molecule has 3 nitrogen and oxygen atoms in total. The van der Waals surface area contributed by atoms with E-state index in [0.29, 0.717) is 0 Å². The van der Waals surface area contributed by atoms with Crippen molar-refractivity contribution < 1.29 is 27.4 Å². The second-order valence-electron chi connectivity index (χ2n) is 3.80. The van der Waals surface area contributed by atoms with E-state index >= 15 is 0 Å². The Bertz CT molecular complexity index is 324. The first-order chi connectivity index (χ1) is 7.45. The number of ether oxygens (including phenoxy) is 2. The van der Waals surface area contributed by atoms with Crippen LogP contribution in [0.2, 0.25) is 0 Å². The molecule has 0 radical (unpaired) electrons. The van der Waals surface area contributed by atoms with Gasteiger partial charge in [-0.3, -0.25) is 4.79 Å². The number of halogens is 3. The van der Waals surface area contributed by atoms with Crippen molar-refractivity contribution in [1.29, 1.82) is 0 Å². The Morgan fingerprint density at radius 2 is 2.00 bits per heavy atom. The van der Waals surface area contributed by atoms with Gasteiger partial charge in [0.1, 0.15) is 11.8 Å². The minimum absolute atomic E-state index is 0.0704. The second-order valence-corrected chi connectivity index (χ2v) is 3.80. The highest BCUT2D eigenvalue weighted by atomic mass is 19.4. The molecule has 0 amide bonds. The van der Waals surface area contributed by atoms with Crippen LogP contribution in [-0.4, -0.2) is 31.0 Å². The Hall–Kier alpha value is -1.04. The van der Waals surface area contributed by atoms with Gasteiger partial charge in [0.05, 0.1) is 18.8 Å². The summed E-state index contributed by atoms with van der Waals surface area (Å²) in [6, 6.07) is 0. The van der Waals surface area contributed by atoms with Crippen LogP contribution in [0.1, 0.15) is 6.92 Å². The van der Waals surface area contributed by atoms with Gasteiger partial charge in [0.25, 0.3) is 0 Å². The molecule has 0 spiro atoms. The van der Waals surface area contributed by atoms with E-state index in [0.717, 1.165) is 0 Å². The highest BCUT2D eigenvalue weighted by molar-refractivity contribution is 5.75. The average Bonchev–Trinajstić information content (AvgIpc) is 2.74. The molecule has 2 aliphatic heterocycles. The third-order valence-corrected chi connectivity index (χ3v) is 2.84. The van der Waals surface area contributed by atoms with Gasteiger partial charge in [0, 0.05) is 0 Å². The number of esters is 1. The minimum atomic E-state index is -4.44. The molecule has 2 aliphatic rings. The average molecular weight is 236 g/mol. The summed E-state index contributed by atoms with van der Waals surface area (Å²) >= 11 is 0. The predicted octanol–water partition coefficient (Wildman–Crippen LogP) is 1.68. The molecule has 2 rings (SSSR count). The van der Waals surface area contributed by atoms with E-state index in [9.17, 15) is 18.0 Å². The van der Waals surface area contributed by atoms with Crippen LogP contribution >= 0.6 is 0 Å². The van der Waals surface area contributed by atoms with Gasteiger partial charge < -0.3 is 9.47 Å². The zero-order valence-electron chi connectivity index (χ0n) is 8.53. The lowest BCUT2D eigenvalue weighted by molar-refractivity contribution is -0.197. The summed E-state index contributed by atoms with van der Waals surface area (Å²) in [5.74, 6) is -3.86. The molecule has 2 heterocycles. The van der Waals surface area contributed by atoms with E-state index in [1.807, 2.05) is 0 Å². The van der Waals surface area contributed by atoms with Crippen molar-refractivity contribution in [2.45, 2.75) is 25.3 Å². The van der Waals surface area contributed by atoms with Crippen molar-refractivity contribution in [2.75, 3.05) is 6.61 Å². The van der Waals surface area contributed by atoms with Gasteiger partial charge >= 0.3 is 12.1 Å². The van der Waals surface area contributed by atoms with Gasteiger partial charge in [-0.15, -0.1) is 0 Å². The van der Waals surface area contributed by atoms with Crippen LogP contribution in [0, 0.1) is 11.8 Å². The molecule has 4 atom stereocenters. The summed E-state index contributed by atoms with van der Waals surface area (Å²) in [5.41, 5.74) is 0. The molecule has 90 valence electrons. The number of carbonyl (C=O) groups excluding carboxylic acids is 1. The van der Waals surface area contributed by atoms with Crippen LogP contribution in [0.3, 0.4) is 0 Å². The normalized spacial score (nSPS) is 36.8. The first-order valence-electron chi connectivity index (χ1n) is 5.02. The van der Waals surface area contributed by atoms with Crippen LogP contribution in [0.4, 0.5) is 13.2 Å². The van der Waals surface area contributed by atoms with E-state index < -0.39 is 36.2 Å². The first-order valence-corrected chi connectivity index (χ1v) is 5.02. The lowest BCUT2D eigenvalue weighted by Gasteiger charge is -2.25. The summed E-state index contributed by atoms with van der Waals surface area (Å²) in [6.07, 6.45) is -3.43. The Morgan fingerprint density at radius 3 is 2.56 bits per heavy atom. The Labute approximate surface area is 90.2 Å². The van der Waals surface area contributed by atoms with E-state index in [4.69, 9.17) is 4.74 Å². The molecule has 0 aromatic heterocycles. The van der Waals surface area contributed by atoms with Crippen LogP contribution in [0.5, 0.6) is 0 Å². The molecule has 2 bridgehead atoms. The molecular weight excluding hydrogens is 225 g/mol. The lowest BCUT2D eigenvalue weighted by atomic mass is 9.82. The van der Waals surface area contributed by atoms with E-state index in [2.05, 4.69) is 4.74 Å². The number of alkyl halides is 3. The first kappa shape index (κ1) is 11.4. The lowest BCUT2D eigenvalue weighted by Crippen LogP contribution is -2.41. The maximum absolute atomic E-state index is 12.7. The summed E-state index contributed by atoms with van der Waals surface area (Å²) in [5, 5.41) is 0. The van der Waals surface area contributed by atoms with E-state index in [1.54, 1.807) is 6.92 Å². The second kappa shape index (κ2) is 3.76. The van der Waals surface area contributed by atoms with Gasteiger partial charge in [-0.25, -0.2) is 0 Å². The van der Waals surface area contributed by atoms with Crippen molar-refractivity contribution in [1.82, 2.24) is 0 Å². The summed E-state index contributed by atoms with van der Waals surface area (Å²) in [7, 11) is 0. The van der Waals surface area contributed by atoms with Crippen molar-refractivity contribution in [3.05, 3.63) is 12.2 Å². The third kappa shape index (κ3) is 1.71. The quantitative estimate of drug-likeness (QED) is 0.540. The zero-order valence-corrected chi connectivity index (χ0v) is 8.53. The zero-order chi connectivity index (χ0) is 11.9. The smallest absolute Gasteiger partial charge is 0.395 e. The maximum atomic E-state index is 12.7. The number of fused-ring (bicyclic) bond motifs is 2. The summed E-state index contributed by atoms with van der Waals surface area (Å²) in [4.78, 5) is 11.5. The van der Waals surface area contributed by atoms with Crippen LogP contribution in [0.25, 0.3) is 0 Å². The van der Waals surface area contributed by atoms with Gasteiger partial charge in [-0.2, -0.15) is 13.2 Å². The van der Waals surface area contributed by atoms with Crippen molar-refractivity contribution >= 4 is 5.97 Å². The summed E-state index contributed by atoms with van der Waals surface area (Å²) < 4.78 is 48.0. The molecule has 0 aromatic carbocycles. The number of rotatable bonds is 2. The van der Waals surface area contributed by atoms with Crippen molar-refractivity contribution in [2.24, 2.45) is 11.8 Å². The fraction of sp³-hybridized carbons (Fsp3) is 0.700. The Balaban J connectivity index is 2.22. The van der Waals surface area contributed by atoms with E-state index in [-0.39, 0.29) is 6.61 Å². The van der Waals surface area contributed by atoms with E-state index in [1.165, 1.54) is 12.2 Å². The Kier molecular flexibility index (Phi) is 2.69. The van der Waals surface area contributed by atoms with Crippen molar-refractivity contribution in [3.8, 4) is 0 Å². The highest BCUT2D eigenvalue weighted by Crippen LogP contribution is 2.47. The van der Waals surface area contributed by atoms with Crippen LogP contribution in [-0.2, 0) is 14.3 Å². The molecule has 0 saturated carbocycles. The SMILES string of the molecule is CCOC(=O)[C@H]1[C@H](C(F)(F)F)[C@H]2C=C[C@@H]1O2. The topological polar surface area (TPSA) is 35.5 Å². The predicted molar refractivity (Wildman–Crippen MR) is 47.5 cm³/mol. The largest absolute Gasteiger partial charge is 0.466 e. The molecule has 0 aromatic rings. The molecule has 16 heavy (non-hydrogen) atoms. The van der Waals surface area contributed by atoms with Crippen LogP contribution < -0.4 is 0 Å². The van der Waals surface area contributed by atoms with Gasteiger partial charge in [-0.1, -0.05) is 12.2 Å².